The van der Waals surface area contributed by atoms with Crippen molar-refractivity contribution in [3.05, 3.63) is 18.2 Å². The van der Waals surface area contributed by atoms with Crippen LogP contribution in [0, 0.1) is 0 Å². The standard InChI is InChI=1S/C12H18N2O2/c1-12(3-4-16-8-12)14-10-5-9(13)6-11(7-10)15-2/h5-7,14H,3-4,8,13H2,1-2H3. The number of benzene rings is 1. The SMILES string of the molecule is COc1cc(N)cc(NC2(C)CCOC2)c1. The third-order valence-corrected chi connectivity index (χ3v) is 2.83. The molecule has 2 rings (SSSR count). The van der Waals surface area contributed by atoms with Gasteiger partial charge in [0.2, 0.25) is 0 Å². The summed E-state index contributed by atoms with van der Waals surface area (Å²) in [7, 11) is 1.64. The molecule has 0 bridgehead atoms. The van der Waals surface area contributed by atoms with Gasteiger partial charge in [0.25, 0.3) is 0 Å². The summed E-state index contributed by atoms with van der Waals surface area (Å²) in [5.74, 6) is 0.769. The highest BCUT2D eigenvalue weighted by molar-refractivity contribution is 5.60. The van der Waals surface area contributed by atoms with Crippen LogP contribution in [-0.4, -0.2) is 25.9 Å². The van der Waals surface area contributed by atoms with Gasteiger partial charge in [-0.05, 0) is 19.4 Å². The van der Waals surface area contributed by atoms with Crippen molar-refractivity contribution in [2.24, 2.45) is 0 Å². The fourth-order valence-electron chi connectivity index (χ4n) is 1.93. The molecule has 0 aromatic heterocycles. The molecule has 16 heavy (non-hydrogen) atoms. The monoisotopic (exact) mass is 222 g/mol. The van der Waals surface area contributed by atoms with E-state index in [9.17, 15) is 0 Å². The lowest BCUT2D eigenvalue weighted by atomic mass is 10.0. The highest BCUT2D eigenvalue weighted by atomic mass is 16.5. The lowest BCUT2D eigenvalue weighted by Crippen LogP contribution is -2.34. The smallest absolute Gasteiger partial charge is 0.122 e. The van der Waals surface area contributed by atoms with Crippen LogP contribution in [0.15, 0.2) is 18.2 Å². The van der Waals surface area contributed by atoms with Crippen LogP contribution in [0.3, 0.4) is 0 Å². The Kier molecular flexibility index (Phi) is 2.92. The molecule has 1 saturated heterocycles. The Morgan fingerprint density at radius 3 is 2.88 bits per heavy atom. The van der Waals surface area contributed by atoms with Crippen molar-refractivity contribution in [2.75, 3.05) is 31.4 Å². The molecular weight excluding hydrogens is 204 g/mol. The molecule has 0 amide bonds. The number of nitrogen functional groups attached to an aromatic ring is 1. The van der Waals surface area contributed by atoms with Crippen LogP contribution in [-0.2, 0) is 4.74 Å². The molecule has 1 aliphatic heterocycles. The second kappa shape index (κ2) is 4.22. The van der Waals surface area contributed by atoms with Gasteiger partial charge in [-0.2, -0.15) is 0 Å². The van der Waals surface area contributed by atoms with Crippen LogP contribution >= 0.6 is 0 Å². The zero-order valence-corrected chi connectivity index (χ0v) is 9.75. The fourth-order valence-corrected chi connectivity index (χ4v) is 1.93. The molecule has 0 radical (unpaired) electrons. The van der Waals surface area contributed by atoms with E-state index in [1.807, 2.05) is 12.1 Å². The Morgan fingerprint density at radius 2 is 2.25 bits per heavy atom. The number of nitrogens with one attached hydrogen (secondary N) is 1. The van der Waals surface area contributed by atoms with E-state index < -0.39 is 0 Å². The van der Waals surface area contributed by atoms with E-state index in [1.54, 1.807) is 13.2 Å². The molecule has 4 nitrogen and oxygen atoms in total. The molecule has 0 saturated carbocycles. The minimum Gasteiger partial charge on any atom is -0.497 e. The van der Waals surface area contributed by atoms with Crippen molar-refractivity contribution in [3.8, 4) is 5.75 Å². The van der Waals surface area contributed by atoms with Gasteiger partial charge < -0.3 is 20.5 Å². The number of anilines is 2. The van der Waals surface area contributed by atoms with E-state index in [4.69, 9.17) is 15.2 Å². The summed E-state index contributed by atoms with van der Waals surface area (Å²) in [6, 6.07) is 5.66. The van der Waals surface area contributed by atoms with Gasteiger partial charge in [-0.15, -0.1) is 0 Å². The first-order chi connectivity index (χ1) is 7.61. The number of rotatable bonds is 3. The van der Waals surface area contributed by atoms with Crippen molar-refractivity contribution < 1.29 is 9.47 Å². The van der Waals surface area contributed by atoms with Gasteiger partial charge in [-0.1, -0.05) is 0 Å². The molecule has 88 valence electrons. The van der Waals surface area contributed by atoms with Gasteiger partial charge in [-0.3, -0.25) is 0 Å². The van der Waals surface area contributed by atoms with Gasteiger partial charge in [-0.25, -0.2) is 0 Å². The maximum Gasteiger partial charge on any atom is 0.122 e. The van der Waals surface area contributed by atoms with E-state index in [0.29, 0.717) is 5.69 Å². The summed E-state index contributed by atoms with van der Waals surface area (Å²) in [5.41, 5.74) is 7.48. The number of hydrogen-bond donors (Lipinski definition) is 2. The van der Waals surface area contributed by atoms with Crippen LogP contribution in [0.2, 0.25) is 0 Å². The quantitative estimate of drug-likeness (QED) is 0.766. The Balaban J connectivity index is 2.17. The van der Waals surface area contributed by atoms with Crippen molar-refractivity contribution in [1.82, 2.24) is 0 Å². The molecule has 4 heteroatoms. The predicted molar refractivity (Wildman–Crippen MR) is 64.9 cm³/mol. The van der Waals surface area contributed by atoms with E-state index in [2.05, 4.69) is 12.2 Å². The highest BCUT2D eigenvalue weighted by Crippen LogP contribution is 2.28. The van der Waals surface area contributed by atoms with Crippen molar-refractivity contribution >= 4 is 11.4 Å². The minimum absolute atomic E-state index is 0.00119. The molecule has 1 unspecified atom stereocenters. The average Bonchev–Trinajstić information content (AvgIpc) is 2.63. The van der Waals surface area contributed by atoms with Gasteiger partial charge in [0.05, 0.1) is 19.3 Å². The minimum atomic E-state index is -0.00119. The molecular formula is C12H18N2O2. The predicted octanol–water partition coefficient (Wildman–Crippen LogP) is 1.87. The summed E-state index contributed by atoms with van der Waals surface area (Å²) >= 11 is 0. The van der Waals surface area contributed by atoms with E-state index >= 15 is 0 Å². The summed E-state index contributed by atoms with van der Waals surface area (Å²) in [4.78, 5) is 0. The second-order valence-corrected chi connectivity index (χ2v) is 4.48. The zero-order valence-electron chi connectivity index (χ0n) is 9.75. The van der Waals surface area contributed by atoms with Crippen LogP contribution in [0.4, 0.5) is 11.4 Å². The molecule has 1 aromatic rings. The number of hydrogen-bond acceptors (Lipinski definition) is 4. The lowest BCUT2D eigenvalue weighted by molar-refractivity contribution is 0.185. The first kappa shape index (κ1) is 11.1. The molecule has 1 fully saturated rings. The molecule has 1 atom stereocenters. The summed E-state index contributed by atoms with van der Waals surface area (Å²) in [6.45, 7) is 3.68. The van der Waals surface area contributed by atoms with Crippen LogP contribution in [0.5, 0.6) is 5.75 Å². The number of methoxy groups -OCH3 is 1. The molecule has 1 aliphatic rings. The van der Waals surface area contributed by atoms with Crippen molar-refractivity contribution in [3.63, 3.8) is 0 Å². The van der Waals surface area contributed by atoms with E-state index in [-0.39, 0.29) is 5.54 Å². The third kappa shape index (κ3) is 2.39. The van der Waals surface area contributed by atoms with Crippen LogP contribution < -0.4 is 15.8 Å². The molecule has 1 aromatic carbocycles. The Labute approximate surface area is 95.7 Å². The fraction of sp³-hybridized carbons (Fsp3) is 0.500. The second-order valence-electron chi connectivity index (χ2n) is 4.48. The number of ether oxygens (including phenoxy) is 2. The first-order valence-corrected chi connectivity index (χ1v) is 5.42. The topological polar surface area (TPSA) is 56.5 Å². The highest BCUT2D eigenvalue weighted by Gasteiger charge is 2.29. The average molecular weight is 222 g/mol. The Morgan fingerprint density at radius 1 is 1.44 bits per heavy atom. The van der Waals surface area contributed by atoms with Crippen molar-refractivity contribution in [2.45, 2.75) is 18.9 Å². The van der Waals surface area contributed by atoms with Crippen molar-refractivity contribution in [1.29, 1.82) is 0 Å². The number of nitrogens with two attached hydrogens (primary N) is 1. The summed E-state index contributed by atoms with van der Waals surface area (Å²) in [6.07, 6.45) is 1.00. The molecule has 3 N–H and O–H groups in total. The van der Waals surface area contributed by atoms with Gasteiger partial charge in [0.1, 0.15) is 5.75 Å². The maximum atomic E-state index is 5.80. The third-order valence-electron chi connectivity index (χ3n) is 2.83. The zero-order chi connectivity index (χ0) is 11.6. The molecule has 0 aliphatic carbocycles. The van der Waals surface area contributed by atoms with Gasteiger partial charge >= 0.3 is 0 Å². The normalized spacial score (nSPS) is 24.4. The summed E-state index contributed by atoms with van der Waals surface area (Å²) in [5, 5.41) is 3.45. The van der Waals surface area contributed by atoms with E-state index in [1.165, 1.54) is 0 Å². The van der Waals surface area contributed by atoms with Gasteiger partial charge in [0, 0.05) is 30.1 Å². The lowest BCUT2D eigenvalue weighted by Gasteiger charge is -2.25. The molecule has 1 heterocycles. The van der Waals surface area contributed by atoms with E-state index in [0.717, 1.165) is 31.1 Å². The summed E-state index contributed by atoms with van der Waals surface area (Å²) < 4.78 is 10.6. The van der Waals surface area contributed by atoms with Crippen LogP contribution in [0.25, 0.3) is 0 Å². The Bertz CT molecular complexity index is 373. The maximum absolute atomic E-state index is 5.80. The first-order valence-electron chi connectivity index (χ1n) is 5.42. The largest absolute Gasteiger partial charge is 0.497 e. The van der Waals surface area contributed by atoms with Crippen LogP contribution in [0.1, 0.15) is 13.3 Å². The Hall–Kier alpha value is -1.42. The molecule has 0 spiro atoms. The van der Waals surface area contributed by atoms with Gasteiger partial charge in [0.15, 0.2) is 0 Å².